The van der Waals surface area contributed by atoms with Crippen molar-refractivity contribution in [2.45, 2.75) is 53.4 Å². The summed E-state index contributed by atoms with van der Waals surface area (Å²) in [6.45, 7) is 8.63. The molecule has 2 nitrogen and oxygen atoms in total. The lowest BCUT2D eigenvalue weighted by Crippen LogP contribution is -2.40. The number of fused-ring (bicyclic) bond motifs is 4. The molecular weight excluding hydrogens is 284 g/mol. The highest BCUT2D eigenvalue weighted by Gasteiger charge is 2.53. The summed E-state index contributed by atoms with van der Waals surface area (Å²) in [6.07, 6.45) is 9.50. The molecule has 0 aromatic heterocycles. The Labute approximate surface area is 138 Å². The van der Waals surface area contributed by atoms with Crippen molar-refractivity contribution in [3.63, 3.8) is 0 Å². The molecule has 0 saturated heterocycles. The molecule has 0 bridgehead atoms. The Bertz CT molecular complexity index is 774. The van der Waals surface area contributed by atoms with Gasteiger partial charge in [0.15, 0.2) is 5.78 Å². The third-order valence-corrected chi connectivity index (χ3v) is 7.06. The maximum Gasteiger partial charge on any atom is 0.178 e. The summed E-state index contributed by atoms with van der Waals surface area (Å²) in [5.74, 6) is 0.902. The molecular formula is C21H24O2. The molecule has 4 rings (SSSR count). The predicted molar refractivity (Wildman–Crippen MR) is 90.8 cm³/mol. The van der Waals surface area contributed by atoms with Gasteiger partial charge < -0.3 is 0 Å². The summed E-state index contributed by atoms with van der Waals surface area (Å²) in [4.78, 5) is 24.5. The van der Waals surface area contributed by atoms with Crippen molar-refractivity contribution < 1.29 is 9.59 Å². The van der Waals surface area contributed by atoms with E-state index in [1.807, 2.05) is 6.08 Å². The second kappa shape index (κ2) is 4.43. The van der Waals surface area contributed by atoms with E-state index in [1.54, 1.807) is 6.08 Å². The first-order valence-electron chi connectivity index (χ1n) is 8.69. The average molecular weight is 308 g/mol. The Balaban J connectivity index is 1.94. The third-order valence-electron chi connectivity index (χ3n) is 7.06. The normalized spacial score (nSPS) is 39.3. The van der Waals surface area contributed by atoms with E-state index in [4.69, 9.17) is 0 Å². The molecule has 0 radical (unpaired) electrons. The van der Waals surface area contributed by atoms with Crippen LogP contribution in [0.15, 0.2) is 46.1 Å². The fourth-order valence-corrected chi connectivity index (χ4v) is 5.47. The Morgan fingerprint density at radius 3 is 2.52 bits per heavy atom. The van der Waals surface area contributed by atoms with Crippen molar-refractivity contribution in [3.8, 4) is 0 Å². The van der Waals surface area contributed by atoms with E-state index in [0.29, 0.717) is 11.7 Å². The lowest BCUT2D eigenvalue weighted by molar-refractivity contribution is -0.126. The third kappa shape index (κ3) is 1.70. The summed E-state index contributed by atoms with van der Waals surface area (Å²) in [6, 6.07) is 0. The van der Waals surface area contributed by atoms with Gasteiger partial charge in [-0.2, -0.15) is 0 Å². The summed E-state index contributed by atoms with van der Waals surface area (Å²) < 4.78 is 0. The molecule has 0 aromatic rings. The van der Waals surface area contributed by atoms with Crippen LogP contribution >= 0.6 is 0 Å². The van der Waals surface area contributed by atoms with Crippen LogP contribution in [0, 0.1) is 16.7 Å². The van der Waals surface area contributed by atoms with Crippen LogP contribution in [0.3, 0.4) is 0 Å². The van der Waals surface area contributed by atoms with Gasteiger partial charge in [0.2, 0.25) is 0 Å². The van der Waals surface area contributed by atoms with Crippen LogP contribution in [0.25, 0.3) is 0 Å². The van der Waals surface area contributed by atoms with E-state index in [-0.39, 0.29) is 16.6 Å². The minimum Gasteiger partial charge on any atom is -0.299 e. The molecule has 2 heteroatoms. The van der Waals surface area contributed by atoms with Crippen LogP contribution in [0.1, 0.15) is 53.4 Å². The maximum atomic E-state index is 12.4. The van der Waals surface area contributed by atoms with Gasteiger partial charge in [0.25, 0.3) is 0 Å². The van der Waals surface area contributed by atoms with Crippen LogP contribution in [0.4, 0.5) is 0 Å². The van der Waals surface area contributed by atoms with E-state index in [0.717, 1.165) is 36.8 Å². The predicted octanol–water partition coefficient (Wildman–Crippen LogP) is 4.48. The summed E-state index contributed by atoms with van der Waals surface area (Å²) in [7, 11) is 0. The molecule has 0 heterocycles. The molecule has 0 aromatic carbocycles. The Hall–Kier alpha value is -1.70. The molecule has 0 N–H and O–H groups in total. The van der Waals surface area contributed by atoms with E-state index >= 15 is 0 Å². The zero-order chi connectivity index (χ0) is 16.6. The van der Waals surface area contributed by atoms with Gasteiger partial charge in [-0.15, -0.1) is 0 Å². The number of hydrogen-bond acceptors (Lipinski definition) is 2. The minimum atomic E-state index is -0.171. The molecule has 3 atom stereocenters. The molecule has 0 amide bonds. The Morgan fingerprint density at radius 1 is 1.04 bits per heavy atom. The second-order valence-corrected chi connectivity index (χ2v) is 8.11. The highest BCUT2D eigenvalue weighted by molar-refractivity contribution is 6.03. The minimum absolute atomic E-state index is 0.100. The number of carbonyl (C=O) groups is 2. The standard InChI is InChI=1S/C21H24O2/c1-12-9-15-16-5-6-19(23)20(16,3)8-7-17(15)21(4)13(2)10-14(22)11-18(12)21/h9-11,16H,5-8H2,1-4H3/t16-,20-,21+/m0/s1. The average Bonchev–Trinajstić information content (AvgIpc) is 2.78. The van der Waals surface area contributed by atoms with Gasteiger partial charge in [-0.25, -0.2) is 0 Å². The van der Waals surface area contributed by atoms with Gasteiger partial charge in [-0.05, 0) is 74.8 Å². The first-order valence-corrected chi connectivity index (χ1v) is 8.69. The van der Waals surface area contributed by atoms with E-state index < -0.39 is 0 Å². The fourth-order valence-electron chi connectivity index (χ4n) is 5.47. The summed E-state index contributed by atoms with van der Waals surface area (Å²) >= 11 is 0. The van der Waals surface area contributed by atoms with Crippen molar-refractivity contribution in [1.82, 2.24) is 0 Å². The smallest absolute Gasteiger partial charge is 0.178 e. The van der Waals surface area contributed by atoms with Gasteiger partial charge in [-0.3, -0.25) is 9.59 Å². The van der Waals surface area contributed by atoms with Crippen LogP contribution in [-0.2, 0) is 9.59 Å². The van der Waals surface area contributed by atoms with E-state index in [9.17, 15) is 9.59 Å². The van der Waals surface area contributed by atoms with Gasteiger partial charge in [-0.1, -0.05) is 24.1 Å². The maximum absolute atomic E-state index is 12.4. The van der Waals surface area contributed by atoms with Gasteiger partial charge in [0.1, 0.15) is 5.78 Å². The number of ketones is 2. The molecule has 0 unspecified atom stereocenters. The fraction of sp³-hybridized carbons (Fsp3) is 0.524. The Kier molecular flexibility index (Phi) is 2.87. The number of rotatable bonds is 0. The highest BCUT2D eigenvalue weighted by Crippen LogP contribution is 2.61. The van der Waals surface area contributed by atoms with E-state index in [2.05, 4.69) is 33.8 Å². The SMILES string of the molecule is CC1=CC2=C(CC[C@]3(C)C(=O)CC[C@@H]23)[C@@]2(C)C(C)=CC(=O)C=C12. The number of carbonyl (C=O) groups excluding carboxylic acids is 2. The van der Waals surface area contributed by atoms with Gasteiger partial charge in [0, 0.05) is 17.3 Å². The topological polar surface area (TPSA) is 34.1 Å². The van der Waals surface area contributed by atoms with Crippen LogP contribution in [0.2, 0.25) is 0 Å². The van der Waals surface area contributed by atoms with Crippen molar-refractivity contribution in [1.29, 1.82) is 0 Å². The molecule has 0 aliphatic heterocycles. The van der Waals surface area contributed by atoms with Crippen molar-refractivity contribution >= 4 is 11.6 Å². The van der Waals surface area contributed by atoms with Crippen LogP contribution in [0.5, 0.6) is 0 Å². The Morgan fingerprint density at radius 2 is 1.78 bits per heavy atom. The molecule has 23 heavy (non-hydrogen) atoms. The zero-order valence-electron chi connectivity index (χ0n) is 14.5. The van der Waals surface area contributed by atoms with Crippen molar-refractivity contribution in [2.24, 2.45) is 16.7 Å². The summed E-state index contributed by atoms with van der Waals surface area (Å²) in [5.41, 5.74) is 6.01. The van der Waals surface area contributed by atoms with Gasteiger partial charge >= 0.3 is 0 Å². The largest absolute Gasteiger partial charge is 0.299 e. The number of Topliss-reactive ketones (excluding diaryl/α,β-unsaturated/α-hetero) is 1. The van der Waals surface area contributed by atoms with Crippen molar-refractivity contribution in [2.75, 3.05) is 0 Å². The van der Waals surface area contributed by atoms with E-state index in [1.165, 1.54) is 16.7 Å². The van der Waals surface area contributed by atoms with Crippen molar-refractivity contribution in [3.05, 3.63) is 46.1 Å². The number of allylic oxidation sites excluding steroid dienone is 8. The number of hydrogen-bond donors (Lipinski definition) is 0. The summed E-state index contributed by atoms with van der Waals surface area (Å²) in [5, 5.41) is 0. The molecule has 4 aliphatic rings. The first kappa shape index (κ1) is 14.9. The lowest BCUT2D eigenvalue weighted by Gasteiger charge is -2.48. The molecule has 1 fully saturated rings. The first-order chi connectivity index (χ1) is 10.8. The second-order valence-electron chi connectivity index (χ2n) is 8.11. The van der Waals surface area contributed by atoms with Crippen LogP contribution in [-0.4, -0.2) is 11.6 Å². The monoisotopic (exact) mass is 308 g/mol. The molecule has 4 aliphatic carbocycles. The van der Waals surface area contributed by atoms with Crippen LogP contribution < -0.4 is 0 Å². The molecule has 0 spiro atoms. The highest BCUT2D eigenvalue weighted by atomic mass is 16.1. The quantitative estimate of drug-likeness (QED) is 0.661. The lowest BCUT2D eigenvalue weighted by atomic mass is 9.54. The van der Waals surface area contributed by atoms with Gasteiger partial charge in [0.05, 0.1) is 0 Å². The zero-order valence-corrected chi connectivity index (χ0v) is 14.5. The molecule has 1 saturated carbocycles. The molecule has 120 valence electrons.